The van der Waals surface area contributed by atoms with Crippen LogP contribution in [0, 0.1) is 0 Å². The highest BCUT2D eigenvalue weighted by Gasteiger charge is 2.22. The lowest BCUT2D eigenvalue weighted by atomic mass is 10.0. The van der Waals surface area contributed by atoms with Crippen LogP contribution in [0.25, 0.3) is 211 Å². The number of fused-ring (bicyclic) bond motifs is 18. The third kappa shape index (κ3) is 8.98. The van der Waals surface area contributed by atoms with Crippen molar-refractivity contribution in [3.05, 3.63) is 328 Å². The van der Waals surface area contributed by atoms with Gasteiger partial charge < -0.3 is 13.7 Å². The van der Waals surface area contributed by atoms with E-state index in [1.54, 1.807) is 0 Å². The molecule has 0 bridgehead atoms. The second-order valence-corrected chi connectivity index (χ2v) is 29.9. The maximum absolute atomic E-state index is 5.46. The molecule has 0 amide bonds. The predicted molar refractivity (Wildman–Crippen MR) is 434 cm³/mol. The predicted octanol–water partition coefficient (Wildman–Crippen LogP) is 26.3. The van der Waals surface area contributed by atoms with Crippen molar-refractivity contribution in [1.82, 2.24) is 28.7 Å². The van der Waals surface area contributed by atoms with E-state index in [4.69, 9.17) is 15.0 Å². The van der Waals surface area contributed by atoms with E-state index in [2.05, 4.69) is 341 Å². The van der Waals surface area contributed by atoms with Gasteiger partial charge in [-0.25, -0.2) is 15.0 Å². The van der Waals surface area contributed by atoms with Crippen LogP contribution in [0.3, 0.4) is 0 Å². The molecule has 0 N–H and O–H groups in total. The standard InChI is InChI=1S/C93H54N6S3/c1-7-22-79-67(16-1)70-42-32-57(60-35-45-76-73-19-4-10-25-85(73)100-88(76)52-60)49-82(70)97(79)64-38-28-55(29-39-64)91-94-92(56-30-40-65(41-31-56)98-80-23-8-2-17-68(80)71-43-33-58(50-83(71)98)61-36-46-77-74-20-5-11-26-86(74)101-89(77)53-61)96-93(95-91)63-14-13-15-66(48-63)99-81-24-9-3-18-69(81)72-44-34-59(51-84(72)99)62-37-47-78-75-21-6-12-27-87(75)102-90(78)54-62/h1-54H. The minimum atomic E-state index is 0.579. The number of hydrogen-bond donors (Lipinski definition) is 0. The summed E-state index contributed by atoms with van der Waals surface area (Å²) in [7, 11) is 0. The summed E-state index contributed by atoms with van der Waals surface area (Å²) in [5.74, 6) is 1.74. The van der Waals surface area contributed by atoms with Crippen molar-refractivity contribution in [1.29, 1.82) is 0 Å². The molecule has 0 spiro atoms. The van der Waals surface area contributed by atoms with Gasteiger partial charge in [0.1, 0.15) is 0 Å². The topological polar surface area (TPSA) is 53.5 Å². The number of rotatable bonds is 9. The van der Waals surface area contributed by atoms with Gasteiger partial charge in [-0.3, -0.25) is 0 Å². The van der Waals surface area contributed by atoms with Gasteiger partial charge in [-0.05, 0) is 167 Å². The quantitative estimate of drug-likeness (QED) is 0.145. The van der Waals surface area contributed by atoms with Crippen molar-refractivity contribution in [2.75, 3.05) is 0 Å². The fourth-order valence-corrected chi connectivity index (χ4v) is 19.5. The molecule has 0 aliphatic rings. The molecule has 0 fully saturated rings. The molecule has 7 heterocycles. The molecule has 474 valence electrons. The Morgan fingerprint density at radius 1 is 0.167 bits per heavy atom. The number of para-hydroxylation sites is 3. The van der Waals surface area contributed by atoms with Crippen LogP contribution in [0.1, 0.15) is 0 Å². The van der Waals surface area contributed by atoms with E-state index in [0.717, 1.165) is 66.9 Å². The van der Waals surface area contributed by atoms with Crippen molar-refractivity contribution in [2.24, 2.45) is 0 Å². The summed E-state index contributed by atoms with van der Waals surface area (Å²) in [4.78, 5) is 16.4. The fourth-order valence-electron chi connectivity index (χ4n) is 16.1. The Bertz CT molecular complexity index is 6970. The van der Waals surface area contributed by atoms with E-state index in [-0.39, 0.29) is 0 Å². The van der Waals surface area contributed by atoms with Crippen molar-refractivity contribution in [3.63, 3.8) is 0 Å². The highest BCUT2D eigenvalue weighted by atomic mass is 32.1. The zero-order valence-electron chi connectivity index (χ0n) is 54.6. The molecule has 9 heteroatoms. The molecule has 7 aromatic heterocycles. The molecule has 102 heavy (non-hydrogen) atoms. The third-order valence-electron chi connectivity index (χ3n) is 20.9. The van der Waals surface area contributed by atoms with E-state index in [1.807, 2.05) is 34.0 Å². The van der Waals surface area contributed by atoms with Gasteiger partial charge in [0.05, 0.1) is 33.1 Å². The van der Waals surface area contributed by atoms with Gasteiger partial charge >= 0.3 is 0 Å². The Kier molecular flexibility index (Phi) is 12.6. The maximum Gasteiger partial charge on any atom is 0.164 e. The Balaban J connectivity index is 0.675. The molecule has 0 aliphatic heterocycles. The number of aromatic nitrogens is 6. The summed E-state index contributed by atoms with van der Waals surface area (Å²) in [5, 5.41) is 15.0. The Hall–Kier alpha value is -12.6. The largest absolute Gasteiger partial charge is 0.309 e. The normalized spacial score (nSPS) is 12.1. The first kappa shape index (κ1) is 57.3. The lowest BCUT2D eigenvalue weighted by Gasteiger charge is -2.13. The van der Waals surface area contributed by atoms with Crippen LogP contribution in [0.4, 0.5) is 0 Å². The van der Waals surface area contributed by atoms with Gasteiger partial charge in [0.2, 0.25) is 0 Å². The monoisotopic (exact) mass is 1350 g/mol. The molecule has 15 aromatic carbocycles. The van der Waals surface area contributed by atoms with Crippen LogP contribution in [-0.4, -0.2) is 28.7 Å². The Labute approximate surface area is 596 Å². The minimum absolute atomic E-state index is 0.579. The molecule has 0 unspecified atom stereocenters. The lowest BCUT2D eigenvalue weighted by molar-refractivity contribution is 1.07. The lowest BCUT2D eigenvalue weighted by Crippen LogP contribution is -2.02. The highest BCUT2D eigenvalue weighted by molar-refractivity contribution is 7.26. The molecular formula is C93H54N6S3. The number of nitrogens with zero attached hydrogens (tertiary/aromatic N) is 6. The van der Waals surface area contributed by atoms with Crippen LogP contribution in [0.15, 0.2) is 328 Å². The zero-order chi connectivity index (χ0) is 66.7. The van der Waals surface area contributed by atoms with Crippen LogP contribution in [0.5, 0.6) is 0 Å². The van der Waals surface area contributed by atoms with E-state index in [9.17, 15) is 0 Å². The van der Waals surface area contributed by atoms with E-state index in [1.165, 1.54) is 126 Å². The van der Waals surface area contributed by atoms with E-state index >= 15 is 0 Å². The third-order valence-corrected chi connectivity index (χ3v) is 24.3. The molecular weight excluding hydrogens is 1300 g/mol. The van der Waals surface area contributed by atoms with Gasteiger partial charge in [0.15, 0.2) is 17.5 Å². The molecule has 0 saturated heterocycles. The van der Waals surface area contributed by atoms with Gasteiger partial charge in [0, 0.05) is 127 Å². The molecule has 6 nitrogen and oxygen atoms in total. The highest BCUT2D eigenvalue weighted by Crippen LogP contribution is 2.44. The van der Waals surface area contributed by atoms with E-state index in [0.29, 0.717) is 17.5 Å². The second-order valence-electron chi connectivity index (χ2n) is 26.6. The maximum atomic E-state index is 5.46. The fraction of sp³-hybridized carbons (Fsp3) is 0. The minimum Gasteiger partial charge on any atom is -0.309 e. The van der Waals surface area contributed by atoms with Crippen molar-refractivity contribution in [3.8, 4) is 84.6 Å². The number of thiophene rings is 3. The molecule has 22 aromatic rings. The summed E-state index contributed by atoms with van der Waals surface area (Å²) in [6.07, 6.45) is 0. The second kappa shape index (κ2) is 22.4. The van der Waals surface area contributed by atoms with Gasteiger partial charge in [-0.15, -0.1) is 34.0 Å². The van der Waals surface area contributed by atoms with Crippen LogP contribution in [0.2, 0.25) is 0 Å². The summed E-state index contributed by atoms with van der Waals surface area (Å²) >= 11 is 5.57. The van der Waals surface area contributed by atoms with Gasteiger partial charge in [-0.1, -0.05) is 194 Å². The van der Waals surface area contributed by atoms with Crippen LogP contribution >= 0.6 is 34.0 Å². The summed E-state index contributed by atoms with van der Waals surface area (Å²) in [6.45, 7) is 0. The first-order valence-electron chi connectivity index (χ1n) is 34.4. The van der Waals surface area contributed by atoms with Crippen LogP contribution < -0.4 is 0 Å². The SMILES string of the molecule is c1cc(-c2nc(-c3ccc(-n4c5ccccc5c5ccc(-c6ccc7c(c6)sc6ccccc67)cc54)cc3)nc(-c3ccc(-n4c5ccccc5c5ccc(-c6ccc7c(c6)sc6ccccc67)cc54)cc3)n2)cc(-n2c3ccccc3c3ccc(-c4ccc5c(c4)sc4ccccc45)cc32)c1. The molecule has 22 rings (SSSR count). The van der Waals surface area contributed by atoms with Crippen molar-refractivity contribution < 1.29 is 0 Å². The number of benzene rings is 15. The van der Waals surface area contributed by atoms with Gasteiger partial charge in [-0.2, -0.15) is 0 Å². The summed E-state index contributed by atoms with van der Waals surface area (Å²) in [5.41, 5.74) is 19.7. The average molecular weight is 1350 g/mol. The number of hydrogen-bond acceptors (Lipinski definition) is 6. The molecule has 0 aliphatic carbocycles. The molecule has 0 atom stereocenters. The Morgan fingerprint density at radius 3 is 0.814 bits per heavy atom. The van der Waals surface area contributed by atoms with Crippen molar-refractivity contribution in [2.45, 2.75) is 0 Å². The Morgan fingerprint density at radius 2 is 0.441 bits per heavy atom. The zero-order valence-corrected chi connectivity index (χ0v) is 57.0. The smallest absolute Gasteiger partial charge is 0.164 e. The van der Waals surface area contributed by atoms with Crippen LogP contribution in [-0.2, 0) is 0 Å². The summed E-state index contributed by atoms with van der Waals surface area (Å²) in [6, 6.07) is 120. The first-order chi connectivity index (χ1) is 50.5. The van der Waals surface area contributed by atoms with Crippen molar-refractivity contribution >= 4 is 160 Å². The van der Waals surface area contributed by atoms with Gasteiger partial charge in [0.25, 0.3) is 0 Å². The molecule has 0 saturated carbocycles. The molecule has 0 radical (unpaired) electrons. The first-order valence-corrected chi connectivity index (χ1v) is 36.9. The average Bonchev–Trinajstić information content (AvgIpc) is 1.58. The summed E-state index contributed by atoms with van der Waals surface area (Å²) < 4.78 is 15.0. The van der Waals surface area contributed by atoms with E-state index < -0.39 is 0 Å².